The molecular weight excluding hydrogens is 406 g/mol. The van der Waals surface area contributed by atoms with Crippen LogP contribution in [-0.2, 0) is 11.3 Å². The number of nitrogens with zero attached hydrogens (tertiary/aromatic N) is 4. The lowest BCUT2D eigenvalue weighted by Gasteiger charge is -2.13. The van der Waals surface area contributed by atoms with Crippen molar-refractivity contribution in [3.05, 3.63) is 77.6 Å². The van der Waals surface area contributed by atoms with Crippen molar-refractivity contribution < 1.29 is 9.84 Å². The number of pyridine rings is 2. The zero-order valence-corrected chi connectivity index (χ0v) is 17.2. The first-order valence-electron chi connectivity index (χ1n) is 10.5. The maximum absolute atomic E-state index is 13.5. The summed E-state index contributed by atoms with van der Waals surface area (Å²) in [4.78, 5) is 25.8. The van der Waals surface area contributed by atoms with Crippen LogP contribution < -0.4 is 5.69 Å². The van der Waals surface area contributed by atoms with Crippen LogP contribution in [0, 0.1) is 5.92 Å². The summed E-state index contributed by atoms with van der Waals surface area (Å²) in [6.45, 7) is 1.08. The molecule has 1 aromatic carbocycles. The third-order valence-corrected chi connectivity index (χ3v) is 6.10. The average Bonchev–Trinajstić information content (AvgIpc) is 3.52. The van der Waals surface area contributed by atoms with Gasteiger partial charge < -0.3 is 14.8 Å². The number of aromatic amines is 1. The van der Waals surface area contributed by atoms with Gasteiger partial charge in [0.2, 0.25) is 0 Å². The van der Waals surface area contributed by atoms with Crippen LogP contribution in [-0.4, -0.2) is 48.5 Å². The molecule has 2 N–H and O–H groups in total. The Hall–Kier alpha value is -3.75. The molecule has 5 heterocycles. The maximum atomic E-state index is 13.5. The molecule has 160 valence electrons. The van der Waals surface area contributed by atoms with E-state index in [9.17, 15) is 9.90 Å². The highest BCUT2D eigenvalue weighted by atomic mass is 16.5. The van der Waals surface area contributed by atoms with Crippen molar-refractivity contribution >= 4 is 22.2 Å². The lowest BCUT2D eigenvalue weighted by molar-refractivity contribution is 0.115. The molecule has 4 aromatic heterocycles. The third kappa shape index (κ3) is 3.04. The number of ether oxygens (including phenoxy) is 1. The highest BCUT2D eigenvalue weighted by Gasteiger charge is 2.29. The molecule has 0 bridgehead atoms. The van der Waals surface area contributed by atoms with E-state index in [0.717, 1.165) is 27.8 Å². The van der Waals surface area contributed by atoms with E-state index in [1.807, 2.05) is 54.7 Å². The van der Waals surface area contributed by atoms with Gasteiger partial charge in [0.05, 0.1) is 30.5 Å². The Morgan fingerprint density at radius 2 is 1.88 bits per heavy atom. The number of nitrogens with one attached hydrogen (secondary N) is 1. The lowest BCUT2D eigenvalue weighted by Crippen LogP contribution is -2.30. The van der Waals surface area contributed by atoms with E-state index >= 15 is 0 Å². The summed E-state index contributed by atoms with van der Waals surface area (Å²) in [6.07, 6.45) is 4.84. The van der Waals surface area contributed by atoms with Gasteiger partial charge in [0, 0.05) is 47.6 Å². The number of benzene rings is 1. The Kier molecular flexibility index (Phi) is 4.41. The van der Waals surface area contributed by atoms with Crippen LogP contribution in [0.4, 0.5) is 0 Å². The molecule has 1 fully saturated rings. The van der Waals surface area contributed by atoms with Crippen molar-refractivity contribution in [1.82, 2.24) is 24.1 Å². The SMILES string of the molecule is O=c1n(CC2COCC2O)c2cc(-c3cnc4[nH]ccc4c3)cnc2n1-c1ccccc1. The number of rotatable bonds is 4. The molecule has 0 radical (unpaired) electrons. The van der Waals surface area contributed by atoms with Crippen LogP contribution >= 0.6 is 0 Å². The molecule has 1 aliphatic rings. The number of aromatic nitrogens is 5. The number of aliphatic hydroxyl groups excluding tert-OH is 1. The number of hydrogen-bond donors (Lipinski definition) is 2. The molecule has 0 amide bonds. The average molecular weight is 427 g/mol. The fraction of sp³-hybridized carbons (Fsp3) is 0.208. The predicted molar refractivity (Wildman–Crippen MR) is 121 cm³/mol. The smallest absolute Gasteiger partial charge is 0.334 e. The van der Waals surface area contributed by atoms with Crippen molar-refractivity contribution in [3.63, 3.8) is 0 Å². The first kappa shape index (κ1) is 19.0. The number of H-pyrrole nitrogens is 1. The molecule has 2 unspecified atom stereocenters. The van der Waals surface area contributed by atoms with Gasteiger partial charge in [-0.2, -0.15) is 0 Å². The number of fused-ring (bicyclic) bond motifs is 2. The fourth-order valence-corrected chi connectivity index (χ4v) is 4.37. The maximum Gasteiger partial charge on any atom is 0.334 e. The van der Waals surface area contributed by atoms with Crippen LogP contribution in [0.5, 0.6) is 0 Å². The predicted octanol–water partition coefficient (Wildman–Crippen LogP) is 2.74. The molecule has 5 aromatic rings. The number of hydrogen-bond acceptors (Lipinski definition) is 5. The Morgan fingerprint density at radius 1 is 1.06 bits per heavy atom. The van der Waals surface area contributed by atoms with Crippen molar-refractivity contribution in [2.24, 2.45) is 5.92 Å². The van der Waals surface area contributed by atoms with Crippen molar-refractivity contribution in [2.75, 3.05) is 13.2 Å². The minimum atomic E-state index is -0.589. The lowest BCUT2D eigenvalue weighted by atomic mass is 10.1. The largest absolute Gasteiger partial charge is 0.390 e. The molecule has 2 atom stereocenters. The Bertz CT molecular complexity index is 1480. The van der Waals surface area contributed by atoms with Gasteiger partial charge in [0.25, 0.3) is 0 Å². The number of imidazole rings is 1. The quantitative estimate of drug-likeness (QED) is 0.460. The highest BCUT2D eigenvalue weighted by molar-refractivity contribution is 5.84. The monoisotopic (exact) mass is 427 g/mol. The summed E-state index contributed by atoms with van der Waals surface area (Å²) in [5.41, 5.74) is 4.47. The van der Waals surface area contributed by atoms with Gasteiger partial charge in [0.15, 0.2) is 5.65 Å². The number of para-hydroxylation sites is 1. The van der Waals surface area contributed by atoms with E-state index in [2.05, 4.69) is 15.0 Å². The van der Waals surface area contributed by atoms with Gasteiger partial charge in [0.1, 0.15) is 5.65 Å². The summed E-state index contributed by atoms with van der Waals surface area (Å²) < 4.78 is 8.73. The zero-order chi connectivity index (χ0) is 21.7. The second kappa shape index (κ2) is 7.44. The van der Waals surface area contributed by atoms with Gasteiger partial charge in [-0.05, 0) is 30.3 Å². The van der Waals surface area contributed by atoms with Crippen LogP contribution in [0.3, 0.4) is 0 Å². The van der Waals surface area contributed by atoms with E-state index in [-0.39, 0.29) is 11.6 Å². The van der Waals surface area contributed by atoms with Gasteiger partial charge in [-0.1, -0.05) is 18.2 Å². The second-order valence-corrected chi connectivity index (χ2v) is 8.14. The van der Waals surface area contributed by atoms with Crippen LogP contribution in [0.15, 0.2) is 71.9 Å². The van der Waals surface area contributed by atoms with E-state index < -0.39 is 6.10 Å². The van der Waals surface area contributed by atoms with Crippen molar-refractivity contribution in [1.29, 1.82) is 0 Å². The van der Waals surface area contributed by atoms with E-state index in [1.165, 1.54) is 0 Å². The first-order valence-corrected chi connectivity index (χ1v) is 10.5. The van der Waals surface area contributed by atoms with Crippen LogP contribution in [0.2, 0.25) is 0 Å². The summed E-state index contributed by atoms with van der Waals surface area (Å²) in [7, 11) is 0. The van der Waals surface area contributed by atoms with E-state index in [0.29, 0.717) is 30.9 Å². The molecule has 0 aliphatic carbocycles. The first-order chi connectivity index (χ1) is 15.7. The molecule has 32 heavy (non-hydrogen) atoms. The Morgan fingerprint density at radius 3 is 2.69 bits per heavy atom. The summed E-state index contributed by atoms with van der Waals surface area (Å²) in [5, 5.41) is 11.3. The molecule has 1 aliphatic heterocycles. The van der Waals surface area contributed by atoms with Crippen molar-refractivity contribution in [2.45, 2.75) is 12.6 Å². The van der Waals surface area contributed by atoms with E-state index in [1.54, 1.807) is 21.5 Å². The standard InChI is InChI=1S/C24H21N5O3/c30-21-14-32-13-18(21)12-28-20-9-17(16-8-15-6-7-25-22(15)26-10-16)11-27-23(20)29(24(28)31)19-4-2-1-3-5-19/h1-11,18,21,30H,12-14H2,(H,25,26). The summed E-state index contributed by atoms with van der Waals surface area (Å²) in [5.74, 6) is -0.149. The van der Waals surface area contributed by atoms with Gasteiger partial charge in [-0.25, -0.2) is 19.3 Å². The number of aliphatic hydroxyl groups is 1. The highest BCUT2D eigenvalue weighted by Crippen LogP contribution is 2.27. The second-order valence-electron chi connectivity index (χ2n) is 8.14. The normalized spacial score (nSPS) is 18.7. The molecule has 1 saturated heterocycles. The molecule has 0 spiro atoms. The Balaban J connectivity index is 1.55. The molecule has 8 nitrogen and oxygen atoms in total. The van der Waals surface area contributed by atoms with Gasteiger partial charge in [-0.3, -0.25) is 4.57 Å². The minimum Gasteiger partial charge on any atom is -0.390 e. The molecule has 8 heteroatoms. The summed E-state index contributed by atoms with van der Waals surface area (Å²) in [6, 6.07) is 15.5. The van der Waals surface area contributed by atoms with Gasteiger partial charge >= 0.3 is 5.69 Å². The van der Waals surface area contributed by atoms with Gasteiger partial charge in [-0.15, -0.1) is 0 Å². The molecular formula is C24H21N5O3. The fourth-order valence-electron chi connectivity index (χ4n) is 4.37. The van der Waals surface area contributed by atoms with Crippen LogP contribution in [0.1, 0.15) is 0 Å². The summed E-state index contributed by atoms with van der Waals surface area (Å²) >= 11 is 0. The Labute approximate surface area is 182 Å². The van der Waals surface area contributed by atoms with E-state index in [4.69, 9.17) is 4.74 Å². The zero-order valence-electron chi connectivity index (χ0n) is 17.2. The van der Waals surface area contributed by atoms with Crippen LogP contribution in [0.25, 0.3) is 39.0 Å². The molecule has 0 saturated carbocycles. The van der Waals surface area contributed by atoms with Crippen molar-refractivity contribution in [3.8, 4) is 16.8 Å². The molecule has 6 rings (SSSR count). The minimum absolute atomic E-state index is 0.149. The third-order valence-electron chi connectivity index (χ3n) is 6.10. The topological polar surface area (TPSA) is 98.0 Å².